The van der Waals surface area contributed by atoms with E-state index in [1.165, 1.54) is 10.4 Å². The number of benzene rings is 1. The molecule has 152 valence electrons. The Kier molecular flexibility index (Phi) is 4.70. The summed E-state index contributed by atoms with van der Waals surface area (Å²) < 4.78 is 66.0. The molecule has 28 heavy (non-hydrogen) atoms. The van der Waals surface area contributed by atoms with Crippen molar-refractivity contribution in [3.05, 3.63) is 48.3 Å². The van der Waals surface area contributed by atoms with Gasteiger partial charge in [0, 0.05) is 38.6 Å². The van der Waals surface area contributed by atoms with E-state index in [-0.39, 0.29) is 16.7 Å². The molecule has 1 aromatic carbocycles. The maximum Gasteiger partial charge on any atom is 0.416 e. The molecular formula is C19H22F3N3O2S. The molecule has 1 saturated carbocycles. The number of aromatic nitrogens is 1. The second kappa shape index (κ2) is 6.81. The molecule has 2 fully saturated rings. The Morgan fingerprint density at radius 3 is 2.39 bits per heavy atom. The third kappa shape index (κ3) is 3.41. The molecule has 1 N–H and O–H groups in total. The molecule has 4 rings (SSSR count). The second-order valence-electron chi connectivity index (χ2n) is 7.67. The summed E-state index contributed by atoms with van der Waals surface area (Å²) in [5.74, 6) is 0.457. The summed E-state index contributed by atoms with van der Waals surface area (Å²) in [4.78, 5) is 4.96. The summed E-state index contributed by atoms with van der Waals surface area (Å²) in [6.07, 6.45) is 0.981. The van der Waals surface area contributed by atoms with Crippen molar-refractivity contribution in [2.45, 2.75) is 30.0 Å². The van der Waals surface area contributed by atoms with Gasteiger partial charge in [-0.1, -0.05) is 6.07 Å². The lowest BCUT2D eigenvalue weighted by Crippen LogP contribution is -2.34. The van der Waals surface area contributed by atoms with E-state index in [4.69, 9.17) is 0 Å². The highest BCUT2D eigenvalue weighted by atomic mass is 32.2. The van der Waals surface area contributed by atoms with Gasteiger partial charge in [-0.2, -0.15) is 17.5 Å². The Labute approximate surface area is 162 Å². The van der Waals surface area contributed by atoms with Gasteiger partial charge in [0.05, 0.1) is 16.1 Å². The minimum atomic E-state index is -4.57. The van der Waals surface area contributed by atoms with Crippen molar-refractivity contribution in [3.63, 3.8) is 0 Å². The highest BCUT2D eigenvalue weighted by Gasteiger charge is 2.46. The van der Waals surface area contributed by atoms with Crippen molar-refractivity contribution in [1.82, 2.24) is 9.29 Å². The molecule has 0 spiro atoms. The highest BCUT2D eigenvalue weighted by molar-refractivity contribution is 7.89. The fourth-order valence-corrected chi connectivity index (χ4v) is 6.06. The molecular weight excluding hydrogens is 391 g/mol. The second-order valence-corrected chi connectivity index (χ2v) is 9.61. The summed E-state index contributed by atoms with van der Waals surface area (Å²) in [6, 6.07) is 6.34. The minimum absolute atomic E-state index is 0.229. The van der Waals surface area contributed by atoms with Gasteiger partial charge in [-0.05, 0) is 48.9 Å². The first-order chi connectivity index (χ1) is 13.2. The third-order valence-corrected chi connectivity index (χ3v) is 7.86. The largest absolute Gasteiger partial charge is 0.416 e. The summed E-state index contributed by atoms with van der Waals surface area (Å²) in [5, 5.41) is 0. The predicted molar refractivity (Wildman–Crippen MR) is 99.4 cm³/mol. The van der Waals surface area contributed by atoms with Crippen LogP contribution in [0.15, 0.2) is 47.6 Å². The number of aromatic amines is 1. The van der Waals surface area contributed by atoms with E-state index in [0.717, 1.165) is 36.7 Å². The first-order valence-electron chi connectivity index (χ1n) is 9.19. The standard InChI is InChI=1S/C19H22F3N3O2S/c1-24(16-5-6-23-10-16)17-7-13-11-25(12-14(13)8-17)28(26,27)18-4-2-3-15(9-18)19(20,21)22/h2-6,9-10,13-14,17,23H,7-8,11-12H2,1H3/t13-,14+,17+. The fraction of sp³-hybridized carbons (Fsp3) is 0.474. The average Bonchev–Trinajstić information content (AvgIpc) is 3.36. The van der Waals surface area contributed by atoms with Crippen LogP contribution >= 0.6 is 0 Å². The van der Waals surface area contributed by atoms with E-state index in [9.17, 15) is 21.6 Å². The Morgan fingerprint density at radius 2 is 1.82 bits per heavy atom. The molecule has 3 atom stereocenters. The summed E-state index contributed by atoms with van der Waals surface area (Å²) in [6.45, 7) is 0.724. The molecule has 5 nitrogen and oxygen atoms in total. The number of hydrogen-bond donors (Lipinski definition) is 1. The van der Waals surface area contributed by atoms with Crippen LogP contribution in [0.3, 0.4) is 0 Å². The van der Waals surface area contributed by atoms with Gasteiger partial charge >= 0.3 is 6.18 Å². The molecule has 0 unspecified atom stereocenters. The topological polar surface area (TPSA) is 56.4 Å². The van der Waals surface area contributed by atoms with E-state index >= 15 is 0 Å². The summed E-state index contributed by atoms with van der Waals surface area (Å²) in [7, 11) is -1.90. The maximum absolute atomic E-state index is 12.9. The Balaban J connectivity index is 1.47. The van der Waals surface area contributed by atoms with Crippen molar-refractivity contribution >= 4 is 15.7 Å². The van der Waals surface area contributed by atoms with Crippen molar-refractivity contribution in [2.24, 2.45) is 11.8 Å². The summed E-state index contributed by atoms with van der Waals surface area (Å²) >= 11 is 0. The van der Waals surface area contributed by atoms with Gasteiger partial charge in [-0.3, -0.25) is 0 Å². The number of H-pyrrole nitrogens is 1. The fourth-order valence-electron chi connectivity index (χ4n) is 4.46. The quantitative estimate of drug-likeness (QED) is 0.834. The van der Waals surface area contributed by atoms with Gasteiger partial charge in [-0.25, -0.2) is 8.42 Å². The highest BCUT2D eigenvalue weighted by Crippen LogP contribution is 2.42. The number of halogens is 3. The number of sulfonamides is 1. The van der Waals surface area contributed by atoms with E-state index < -0.39 is 21.8 Å². The monoisotopic (exact) mass is 413 g/mol. The first-order valence-corrected chi connectivity index (χ1v) is 10.6. The predicted octanol–water partition coefficient (Wildman–Crippen LogP) is 3.57. The van der Waals surface area contributed by atoms with Gasteiger partial charge in [0.2, 0.25) is 10.0 Å². The van der Waals surface area contributed by atoms with Crippen LogP contribution in [0, 0.1) is 11.8 Å². The number of fused-ring (bicyclic) bond motifs is 1. The van der Waals surface area contributed by atoms with Crippen molar-refractivity contribution in [3.8, 4) is 0 Å². The molecule has 2 heterocycles. The zero-order chi connectivity index (χ0) is 20.1. The summed E-state index contributed by atoms with van der Waals surface area (Å²) in [5.41, 5.74) is 0.152. The average molecular weight is 413 g/mol. The Hall–Kier alpha value is -2.00. The minimum Gasteiger partial charge on any atom is -0.370 e. The zero-order valence-corrected chi connectivity index (χ0v) is 16.2. The molecule has 1 aliphatic carbocycles. The normalized spacial score (nSPS) is 25.8. The lowest BCUT2D eigenvalue weighted by Gasteiger charge is -2.27. The molecule has 1 aromatic heterocycles. The van der Waals surface area contributed by atoms with Crippen LogP contribution in [-0.4, -0.2) is 43.9 Å². The molecule has 9 heteroatoms. The van der Waals surface area contributed by atoms with Crippen LogP contribution in [0.2, 0.25) is 0 Å². The molecule has 0 bridgehead atoms. The van der Waals surface area contributed by atoms with Gasteiger partial charge in [0.15, 0.2) is 0 Å². The van der Waals surface area contributed by atoms with E-state index in [0.29, 0.717) is 19.1 Å². The van der Waals surface area contributed by atoms with E-state index in [1.54, 1.807) is 0 Å². The third-order valence-electron chi connectivity index (χ3n) is 6.03. The number of rotatable bonds is 4. The van der Waals surface area contributed by atoms with Crippen LogP contribution in [0.1, 0.15) is 18.4 Å². The van der Waals surface area contributed by atoms with Crippen LogP contribution in [0.4, 0.5) is 18.9 Å². The number of nitrogens with zero attached hydrogens (tertiary/aromatic N) is 2. The number of nitrogens with one attached hydrogen (secondary N) is 1. The zero-order valence-electron chi connectivity index (χ0n) is 15.4. The maximum atomic E-state index is 12.9. The first kappa shape index (κ1) is 19.3. The lowest BCUT2D eigenvalue weighted by molar-refractivity contribution is -0.137. The number of alkyl halides is 3. The smallest absolute Gasteiger partial charge is 0.370 e. The van der Waals surface area contributed by atoms with Gasteiger partial charge < -0.3 is 9.88 Å². The molecule has 1 aliphatic heterocycles. The van der Waals surface area contributed by atoms with Gasteiger partial charge in [0.25, 0.3) is 0 Å². The molecule has 0 amide bonds. The van der Waals surface area contributed by atoms with Crippen LogP contribution in [0.25, 0.3) is 0 Å². The van der Waals surface area contributed by atoms with Crippen molar-refractivity contribution < 1.29 is 21.6 Å². The molecule has 2 aromatic rings. The van der Waals surface area contributed by atoms with E-state index in [1.807, 2.05) is 25.5 Å². The molecule has 1 saturated heterocycles. The number of anilines is 1. The van der Waals surface area contributed by atoms with Crippen molar-refractivity contribution in [2.75, 3.05) is 25.0 Å². The molecule has 0 radical (unpaired) electrons. The van der Waals surface area contributed by atoms with Crippen molar-refractivity contribution in [1.29, 1.82) is 0 Å². The van der Waals surface area contributed by atoms with Crippen LogP contribution in [0.5, 0.6) is 0 Å². The number of hydrogen-bond acceptors (Lipinski definition) is 3. The van der Waals surface area contributed by atoms with Crippen LogP contribution in [-0.2, 0) is 16.2 Å². The lowest BCUT2D eigenvalue weighted by atomic mass is 10.0. The Bertz CT molecular complexity index is 930. The van der Waals surface area contributed by atoms with Crippen LogP contribution < -0.4 is 4.90 Å². The Morgan fingerprint density at radius 1 is 1.14 bits per heavy atom. The molecule has 2 aliphatic rings. The van der Waals surface area contributed by atoms with E-state index in [2.05, 4.69) is 9.88 Å². The SMILES string of the molecule is CN(c1cc[nH]c1)[C@H]1C[C@@H]2CN(S(=O)(=O)c3cccc(C(F)(F)F)c3)C[C@@H]2C1. The van der Waals surface area contributed by atoms with Gasteiger partial charge in [-0.15, -0.1) is 0 Å². The van der Waals surface area contributed by atoms with Gasteiger partial charge in [0.1, 0.15) is 0 Å².